The number of ether oxygens (including phenoxy) is 1. The molecule has 1 atom stereocenters. The molecule has 2 aromatic carbocycles. The van der Waals surface area contributed by atoms with Crippen LogP contribution in [0.25, 0.3) is 0 Å². The van der Waals surface area contributed by atoms with E-state index < -0.39 is 6.10 Å². The molecule has 3 nitrogen and oxygen atoms in total. The van der Waals surface area contributed by atoms with Crippen molar-refractivity contribution in [1.29, 1.82) is 0 Å². The van der Waals surface area contributed by atoms with Crippen LogP contribution in [0.2, 0.25) is 0 Å². The van der Waals surface area contributed by atoms with E-state index in [0.29, 0.717) is 12.3 Å². The molecule has 20 heavy (non-hydrogen) atoms. The smallest absolute Gasteiger partial charge is 0.123 e. The molecule has 0 aliphatic carbocycles. The molecule has 106 valence electrons. The van der Waals surface area contributed by atoms with Gasteiger partial charge in [0.25, 0.3) is 0 Å². The van der Waals surface area contributed by atoms with Crippen LogP contribution >= 0.6 is 15.9 Å². The Hall–Kier alpha value is -1.59. The summed E-state index contributed by atoms with van der Waals surface area (Å²) in [6, 6.07) is 13.4. The molecule has 0 aliphatic rings. The van der Waals surface area contributed by atoms with E-state index in [-0.39, 0.29) is 12.4 Å². The second-order valence-electron chi connectivity index (χ2n) is 4.28. The average Bonchev–Trinajstić information content (AvgIpc) is 2.46. The van der Waals surface area contributed by atoms with Gasteiger partial charge in [-0.3, -0.25) is 0 Å². The van der Waals surface area contributed by atoms with Crippen molar-refractivity contribution in [1.82, 2.24) is 0 Å². The Labute approximate surface area is 125 Å². The summed E-state index contributed by atoms with van der Waals surface area (Å²) in [6.45, 7) is 0.507. The number of rotatable bonds is 6. The van der Waals surface area contributed by atoms with Crippen molar-refractivity contribution in [2.75, 3.05) is 18.5 Å². The Morgan fingerprint density at radius 1 is 1.15 bits per heavy atom. The third kappa shape index (κ3) is 4.51. The Balaban J connectivity index is 1.77. The van der Waals surface area contributed by atoms with Crippen LogP contribution in [0.15, 0.2) is 53.0 Å². The second kappa shape index (κ2) is 7.26. The van der Waals surface area contributed by atoms with E-state index in [1.54, 1.807) is 0 Å². The van der Waals surface area contributed by atoms with Gasteiger partial charge >= 0.3 is 0 Å². The highest BCUT2D eigenvalue weighted by Gasteiger charge is 2.06. The Morgan fingerprint density at radius 3 is 2.55 bits per heavy atom. The molecule has 2 N–H and O–H groups in total. The van der Waals surface area contributed by atoms with Gasteiger partial charge in [0.05, 0.1) is 0 Å². The molecule has 0 spiro atoms. The first-order valence-corrected chi connectivity index (χ1v) is 6.99. The Kier molecular flexibility index (Phi) is 5.38. The van der Waals surface area contributed by atoms with Crippen molar-refractivity contribution in [3.05, 3.63) is 58.8 Å². The molecule has 0 heterocycles. The Bertz CT molecular complexity index is 548. The van der Waals surface area contributed by atoms with E-state index in [9.17, 15) is 9.50 Å². The lowest BCUT2D eigenvalue weighted by Crippen LogP contribution is -2.26. The van der Waals surface area contributed by atoms with Gasteiger partial charge in [0.1, 0.15) is 24.3 Å². The van der Waals surface area contributed by atoms with Gasteiger partial charge in [-0.2, -0.15) is 0 Å². The number of hydrogen-bond donors (Lipinski definition) is 2. The largest absolute Gasteiger partial charge is 0.491 e. The van der Waals surface area contributed by atoms with E-state index in [1.165, 1.54) is 24.3 Å². The standard InChI is InChI=1S/C15H15BrFNO2/c16-14-3-1-2-4-15(14)18-9-12(19)10-20-13-7-5-11(17)6-8-13/h1-8,12,18-19H,9-10H2. The summed E-state index contributed by atoms with van der Waals surface area (Å²) < 4.78 is 19.0. The Morgan fingerprint density at radius 2 is 1.85 bits per heavy atom. The van der Waals surface area contributed by atoms with Gasteiger partial charge in [0, 0.05) is 16.7 Å². The monoisotopic (exact) mass is 339 g/mol. The third-order valence-corrected chi connectivity index (χ3v) is 3.35. The van der Waals surface area contributed by atoms with Crippen molar-refractivity contribution in [2.24, 2.45) is 0 Å². The van der Waals surface area contributed by atoms with E-state index in [1.807, 2.05) is 24.3 Å². The lowest BCUT2D eigenvalue weighted by molar-refractivity contribution is 0.117. The van der Waals surface area contributed by atoms with Crippen molar-refractivity contribution in [3.63, 3.8) is 0 Å². The number of aliphatic hydroxyl groups excluding tert-OH is 1. The summed E-state index contributed by atoms with van der Waals surface area (Å²) >= 11 is 3.42. The maximum absolute atomic E-state index is 12.7. The summed E-state index contributed by atoms with van der Waals surface area (Å²) in [4.78, 5) is 0. The van der Waals surface area contributed by atoms with Crippen LogP contribution < -0.4 is 10.1 Å². The van der Waals surface area contributed by atoms with Crippen LogP contribution in [0.5, 0.6) is 5.75 Å². The van der Waals surface area contributed by atoms with Crippen molar-refractivity contribution in [3.8, 4) is 5.75 Å². The minimum absolute atomic E-state index is 0.142. The molecule has 0 bridgehead atoms. The van der Waals surface area contributed by atoms with E-state index >= 15 is 0 Å². The summed E-state index contributed by atoms with van der Waals surface area (Å²) in [7, 11) is 0. The average molecular weight is 340 g/mol. The minimum Gasteiger partial charge on any atom is -0.491 e. The second-order valence-corrected chi connectivity index (χ2v) is 5.13. The van der Waals surface area contributed by atoms with Gasteiger partial charge in [0.2, 0.25) is 0 Å². The molecule has 0 aliphatic heterocycles. The summed E-state index contributed by atoms with van der Waals surface area (Å²) in [6.07, 6.45) is -0.660. The fourth-order valence-electron chi connectivity index (χ4n) is 1.61. The molecule has 1 unspecified atom stereocenters. The SMILES string of the molecule is OC(CNc1ccccc1Br)COc1ccc(F)cc1. The van der Waals surface area contributed by atoms with Crippen LogP contribution in [0.3, 0.4) is 0 Å². The van der Waals surface area contributed by atoms with E-state index in [4.69, 9.17) is 4.74 Å². The van der Waals surface area contributed by atoms with Gasteiger partial charge in [-0.15, -0.1) is 0 Å². The minimum atomic E-state index is -0.660. The number of para-hydroxylation sites is 1. The third-order valence-electron chi connectivity index (χ3n) is 2.66. The van der Waals surface area contributed by atoms with Gasteiger partial charge in [-0.05, 0) is 52.3 Å². The lowest BCUT2D eigenvalue weighted by atomic mass is 10.3. The first kappa shape index (κ1) is 14.8. The lowest BCUT2D eigenvalue weighted by Gasteiger charge is -2.14. The van der Waals surface area contributed by atoms with Gasteiger partial charge in [0.15, 0.2) is 0 Å². The van der Waals surface area contributed by atoms with Crippen molar-refractivity contribution < 1.29 is 14.2 Å². The predicted molar refractivity (Wildman–Crippen MR) is 80.5 cm³/mol. The maximum atomic E-state index is 12.7. The summed E-state index contributed by atoms with van der Waals surface area (Å²) in [5, 5.41) is 13.0. The molecule has 0 saturated heterocycles. The fraction of sp³-hybridized carbons (Fsp3) is 0.200. The normalized spacial score (nSPS) is 11.9. The zero-order chi connectivity index (χ0) is 14.4. The first-order valence-electron chi connectivity index (χ1n) is 6.20. The van der Waals surface area contributed by atoms with Crippen LogP contribution in [-0.2, 0) is 0 Å². The highest BCUT2D eigenvalue weighted by molar-refractivity contribution is 9.10. The molecule has 2 aromatic rings. The number of aliphatic hydroxyl groups is 1. The molecule has 0 fully saturated rings. The maximum Gasteiger partial charge on any atom is 0.123 e. The number of hydrogen-bond acceptors (Lipinski definition) is 3. The van der Waals surface area contributed by atoms with Crippen LogP contribution in [0.4, 0.5) is 10.1 Å². The van der Waals surface area contributed by atoms with E-state index in [2.05, 4.69) is 21.2 Å². The van der Waals surface area contributed by atoms with Gasteiger partial charge in [-0.1, -0.05) is 12.1 Å². The predicted octanol–water partition coefficient (Wildman–Crippen LogP) is 3.44. The highest BCUT2D eigenvalue weighted by Crippen LogP contribution is 2.21. The fourth-order valence-corrected chi connectivity index (χ4v) is 2.04. The van der Waals surface area contributed by atoms with Gasteiger partial charge in [-0.25, -0.2) is 4.39 Å². The number of nitrogens with one attached hydrogen (secondary N) is 1. The molecule has 0 saturated carbocycles. The highest BCUT2D eigenvalue weighted by atomic mass is 79.9. The molecular formula is C15H15BrFNO2. The number of benzene rings is 2. The van der Waals surface area contributed by atoms with Crippen LogP contribution in [0.1, 0.15) is 0 Å². The summed E-state index contributed by atoms with van der Waals surface area (Å²) in [5.74, 6) is 0.222. The number of halogens is 2. The van der Waals surface area contributed by atoms with Crippen LogP contribution in [-0.4, -0.2) is 24.4 Å². The molecule has 0 aromatic heterocycles. The van der Waals surface area contributed by atoms with Crippen molar-refractivity contribution >= 4 is 21.6 Å². The molecule has 0 radical (unpaired) electrons. The summed E-state index contributed by atoms with van der Waals surface area (Å²) in [5.41, 5.74) is 0.910. The molecular weight excluding hydrogens is 325 g/mol. The van der Waals surface area contributed by atoms with Crippen molar-refractivity contribution in [2.45, 2.75) is 6.10 Å². The zero-order valence-electron chi connectivity index (χ0n) is 10.7. The molecule has 2 rings (SSSR count). The number of anilines is 1. The molecule has 0 amide bonds. The quantitative estimate of drug-likeness (QED) is 0.847. The van der Waals surface area contributed by atoms with Crippen LogP contribution in [0, 0.1) is 5.82 Å². The zero-order valence-corrected chi connectivity index (χ0v) is 12.3. The molecule has 5 heteroatoms. The van der Waals surface area contributed by atoms with E-state index in [0.717, 1.165) is 10.2 Å². The topological polar surface area (TPSA) is 41.5 Å². The van der Waals surface area contributed by atoms with Gasteiger partial charge < -0.3 is 15.2 Å². The first-order chi connectivity index (χ1) is 9.65.